The number of hydrogen-bond acceptors (Lipinski definition) is 3. The Balaban J connectivity index is 1.46. The summed E-state index contributed by atoms with van der Waals surface area (Å²) >= 11 is 11.9. The molecular formula is C17H21Cl2FN2O2. The molecule has 1 N–H and O–H groups in total. The number of amides is 1. The van der Waals surface area contributed by atoms with E-state index in [4.69, 9.17) is 27.9 Å². The van der Waals surface area contributed by atoms with E-state index in [1.807, 2.05) is 6.07 Å². The van der Waals surface area contributed by atoms with Crippen LogP contribution in [0, 0.1) is 0 Å². The highest BCUT2D eigenvalue weighted by Crippen LogP contribution is 2.26. The van der Waals surface area contributed by atoms with Gasteiger partial charge >= 0.3 is 0 Å². The minimum absolute atomic E-state index is 0.0702. The number of benzene rings is 1. The average Bonchev–Trinajstić information content (AvgIpc) is 3.04. The van der Waals surface area contributed by atoms with Gasteiger partial charge in [0.05, 0.1) is 22.8 Å². The highest BCUT2D eigenvalue weighted by molar-refractivity contribution is 6.42. The third kappa shape index (κ3) is 4.02. The fourth-order valence-corrected chi connectivity index (χ4v) is 3.52. The number of ether oxygens (including phenoxy) is 1. The van der Waals surface area contributed by atoms with E-state index in [9.17, 15) is 9.18 Å². The molecule has 0 saturated carbocycles. The summed E-state index contributed by atoms with van der Waals surface area (Å²) in [6, 6.07) is 5.43. The van der Waals surface area contributed by atoms with Crippen molar-refractivity contribution in [3.8, 4) is 0 Å². The minimum Gasteiger partial charge on any atom is -0.373 e. The largest absolute Gasteiger partial charge is 0.373 e. The number of halogens is 3. The summed E-state index contributed by atoms with van der Waals surface area (Å²) in [4.78, 5) is 14.0. The highest BCUT2D eigenvalue weighted by atomic mass is 35.5. The van der Waals surface area contributed by atoms with Gasteiger partial charge in [-0.25, -0.2) is 4.39 Å². The summed E-state index contributed by atoms with van der Waals surface area (Å²) in [5.74, 6) is -0.379. The predicted molar refractivity (Wildman–Crippen MR) is 92.2 cm³/mol. The van der Waals surface area contributed by atoms with E-state index in [-0.39, 0.29) is 25.0 Å². The van der Waals surface area contributed by atoms with E-state index in [1.165, 1.54) is 0 Å². The number of nitrogens with zero attached hydrogens (tertiary/aromatic N) is 1. The smallest absolute Gasteiger partial charge is 0.261 e. The Morgan fingerprint density at radius 3 is 2.71 bits per heavy atom. The molecule has 2 aliphatic heterocycles. The summed E-state index contributed by atoms with van der Waals surface area (Å²) in [6.07, 6.45) is 1.77. The lowest BCUT2D eigenvalue weighted by Gasteiger charge is -2.35. The molecule has 2 saturated heterocycles. The number of likely N-dealkylation sites (tertiary alicyclic amines) is 1. The van der Waals surface area contributed by atoms with E-state index >= 15 is 0 Å². The molecule has 1 aromatic rings. The quantitative estimate of drug-likeness (QED) is 0.879. The number of carbonyl (C=O) groups is 1. The molecule has 0 bridgehead atoms. The topological polar surface area (TPSA) is 41.6 Å². The summed E-state index contributed by atoms with van der Waals surface area (Å²) in [5.41, 5.74) is -0.768. The number of rotatable bonds is 4. The first-order chi connectivity index (χ1) is 11.5. The third-order valence-electron chi connectivity index (χ3n) is 4.69. The number of carbonyl (C=O) groups excluding carboxylic acids is 1. The Kier molecular flexibility index (Phi) is 5.65. The van der Waals surface area contributed by atoms with Gasteiger partial charge in [-0.15, -0.1) is 0 Å². The zero-order chi connectivity index (χ0) is 17.2. The van der Waals surface area contributed by atoms with Gasteiger partial charge in [0.2, 0.25) is 5.67 Å². The van der Waals surface area contributed by atoms with Crippen LogP contribution in [0.15, 0.2) is 18.2 Å². The molecule has 0 aromatic heterocycles. The van der Waals surface area contributed by atoms with Gasteiger partial charge in [0.1, 0.15) is 0 Å². The molecule has 2 aliphatic rings. The SMILES string of the molecule is O=C(N1CCC(OCc2ccc(Cl)c(Cl)c2)CC1)C1(F)CCNC1. The van der Waals surface area contributed by atoms with Gasteiger partial charge in [-0.1, -0.05) is 29.3 Å². The van der Waals surface area contributed by atoms with Crippen LogP contribution in [0.5, 0.6) is 0 Å². The highest BCUT2D eigenvalue weighted by Gasteiger charge is 2.44. The molecule has 0 spiro atoms. The fraction of sp³-hybridized carbons (Fsp3) is 0.588. The van der Waals surface area contributed by atoms with Crippen LogP contribution in [0.1, 0.15) is 24.8 Å². The molecule has 1 atom stereocenters. The summed E-state index contributed by atoms with van der Waals surface area (Å²) in [7, 11) is 0. The second-order valence-corrected chi connectivity index (χ2v) is 7.26. The normalized spacial score (nSPS) is 25.2. The molecule has 4 nitrogen and oxygen atoms in total. The molecular weight excluding hydrogens is 354 g/mol. The van der Waals surface area contributed by atoms with Crippen LogP contribution >= 0.6 is 23.2 Å². The van der Waals surface area contributed by atoms with Gasteiger partial charge in [0.25, 0.3) is 5.91 Å². The van der Waals surface area contributed by atoms with Crippen LogP contribution in [-0.2, 0) is 16.1 Å². The Hall–Kier alpha value is -0.880. The second-order valence-electron chi connectivity index (χ2n) is 6.44. The summed E-state index contributed by atoms with van der Waals surface area (Å²) < 4.78 is 20.4. The van der Waals surface area contributed by atoms with Gasteiger partial charge in [-0.3, -0.25) is 4.79 Å². The standard InChI is InChI=1S/C17H21Cl2FN2O2/c18-14-2-1-12(9-15(14)19)10-24-13-3-7-22(8-4-13)16(23)17(20)5-6-21-11-17/h1-2,9,13,21H,3-8,10-11H2. The van der Waals surface area contributed by atoms with Gasteiger partial charge in [-0.2, -0.15) is 0 Å². The lowest BCUT2D eigenvalue weighted by Crippen LogP contribution is -2.51. The van der Waals surface area contributed by atoms with Crippen LogP contribution in [0.3, 0.4) is 0 Å². The lowest BCUT2D eigenvalue weighted by molar-refractivity contribution is -0.145. The maximum Gasteiger partial charge on any atom is 0.261 e. The van der Waals surface area contributed by atoms with Crippen molar-refractivity contribution in [1.82, 2.24) is 10.2 Å². The van der Waals surface area contributed by atoms with Crippen LogP contribution in [0.2, 0.25) is 10.0 Å². The Morgan fingerprint density at radius 2 is 2.08 bits per heavy atom. The molecule has 1 aromatic carbocycles. The van der Waals surface area contributed by atoms with Gasteiger partial charge in [-0.05, 0) is 37.1 Å². The number of alkyl halides is 1. The Labute approximate surface area is 151 Å². The van der Waals surface area contributed by atoms with Gasteiger partial charge in [0.15, 0.2) is 0 Å². The van der Waals surface area contributed by atoms with Crippen LogP contribution in [0.25, 0.3) is 0 Å². The first-order valence-corrected chi connectivity index (χ1v) is 8.98. The van der Waals surface area contributed by atoms with Gasteiger partial charge in [0, 0.05) is 26.1 Å². The third-order valence-corrected chi connectivity index (χ3v) is 5.42. The molecule has 1 unspecified atom stereocenters. The molecule has 3 rings (SSSR count). The predicted octanol–water partition coefficient (Wildman–Crippen LogP) is 3.20. The monoisotopic (exact) mass is 374 g/mol. The average molecular weight is 375 g/mol. The number of hydrogen-bond donors (Lipinski definition) is 1. The van der Waals surface area contributed by atoms with Crippen molar-refractivity contribution < 1.29 is 13.9 Å². The molecule has 7 heteroatoms. The Bertz CT molecular complexity index is 600. The maximum atomic E-state index is 14.5. The van der Waals surface area contributed by atoms with Crippen molar-refractivity contribution in [3.63, 3.8) is 0 Å². The molecule has 0 radical (unpaired) electrons. The van der Waals surface area contributed by atoms with E-state index in [0.29, 0.717) is 36.3 Å². The maximum absolute atomic E-state index is 14.5. The molecule has 1 amide bonds. The van der Waals surface area contributed by atoms with Crippen LogP contribution < -0.4 is 5.32 Å². The van der Waals surface area contributed by atoms with Crippen LogP contribution in [-0.4, -0.2) is 48.8 Å². The van der Waals surface area contributed by atoms with Crippen molar-refractivity contribution in [2.45, 2.75) is 37.6 Å². The van der Waals surface area contributed by atoms with Crippen molar-refractivity contribution in [3.05, 3.63) is 33.8 Å². The second kappa shape index (κ2) is 7.56. The fourth-order valence-electron chi connectivity index (χ4n) is 3.20. The van der Waals surface area contributed by atoms with Crippen LogP contribution in [0.4, 0.5) is 4.39 Å². The van der Waals surface area contributed by atoms with E-state index in [0.717, 1.165) is 18.4 Å². The molecule has 2 fully saturated rings. The summed E-state index contributed by atoms with van der Waals surface area (Å²) in [5, 5.41) is 3.95. The van der Waals surface area contributed by atoms with Crippen molar-refractivity contribution in [2.24, 2.45) is 0 Å². The molecule has 132 valence electrons. The number of nitrogens with one attached hydrogen (secondary N) is 1. The van der Waals surface area contributed by atoms with Gasteiger partial charge < -0.3 is 15.0 Å². The van der Waals surface area contributed by atoms with Crippen molar-refractivity contribution in [1.29, 1.82) is 0 Å². The zero-order valence-corrected chi connectivity index (χ0v) is 14.9. The minimum atomic E-state index is -1.73. The molecule has 2 heterocycles. The first kappa shape index (κ1) is 17.9. The van der Waals surface area contributed by atoms with Crippen molar-refractivity contribution >= 4 is 29.1 Å². The zero-order valence-electron chi connectivity index (χ0n) is 13.4. The number of piperidine rings is 1. The summed E-state index contributed by atoms with van der Waals surface area (Å²) in [6.45, 7) is 2.21. The molecule has 24 heavy (non-hydrogen) atoms. The van der Waals surface area contributed by atoms with E-state index in [2.05, 4.69) is 5.32 Å². The molecule has 0 aliphatic carbocycles. The first-order valence-electron chi connectivity index (χ1n) is 8.22. The van der Waals surface area contributed by atoms with E-state index in [1.54, 1.807) is 17.0 Å². The Morgan fingerprint density at radius 1 is 1.33 bits per heavy atom. The van der Waals surface area contributed by atoms with E-state index < -0.39 is 5.67 Å². The van der Waals surface area contributed by atoms with Crippen molar-refractivity contribution in [2.75, 3.05) is 26.2 Å². The lowest BCUT2D eigenvalue weighted by atomic mass is 10.0.